The molecule has 1 aliphatic heterocycles. The number of aromatic nitrogens is 2. The second-order valence-electron chi connectivity index (χ2n) is 5.94. The van der Waals surface area contributed by atoms with Gasteiger partial charge in [-0.15, -0.1) is 0 Å². The van der Waals surface area contributed by atoms with E-state index in [1.165, 1.54) is 51.0 Å². The van der Waals surface area contributed by atoms with E-state index >= 15 is 0 Å². The highest BCUT2D eigenvalue weighted by Gasteiger charge is 2.09. The van der Waals surface area contributed by atoms with E-state index in [9.17, 15) is 0 Å². The summed E-state index contributed by atoms with van der Waals surface area (Å²) in [7, 11) is 6.13. The van der Waals surface area contributed by atoms with Crippen LogP contribution in [0.5, 0.6) is 0 Å². The molecule has 1 saturated heterocycles. The SMILES string of the molecule is CN(C)c1ncc(CNCCN2CCCCCC2)n1C. The van der Waals surface area contributed by atoms with Gasteiger partial charge in [-0.2, -0.15) is 0 Å². The zero-order valence-corrected chi connectivity index (χ0v) is 13.2. The van der Waals surface area contributed by atoms with E-state index in [2.05, 4.69) is 26.8 Å². The molecule has 0 radical (unpaired) electrons. The molecule has 0 amide bonds. The van der Waals surface area contributed by atoms with Crippen LogP contribution in [0.4, 0.5) is 5.95 Å². The zero-order valence-electron chi connectivity index (χ0n) is 13.2. The van der Waals surface area contributed by atoms with Gasteiger partial charge in [-0.05, 0) is 25.9 Å². The molecule has 1 aromatic rings. The van der Waals surface area contributed by atoms with E-state index in [0.29, 0.717) is 0 Å². The quantitative estimate of drug-likeness (QED) is 0.800. The van der Waals surface area contributed by atoms with Crippen molar-refractivity contribution in [3.05, 3.63) is 11.9 Å². The molecule has 114 valence electrons. The van der Waals surface area contributed by atoms with Crippen molar-refractivity contribution >= 4 is 5.95 Å². The van der Waals surface area contributed by atoms with Crippen LogP contribution in [0, 0.1) is 0 Å². The fourth-order valence-corrected chi connectivity index (χ4v) is 2.83. The van der Waals surface area contributed by atoms with Gasteiger partial charge in [0.15, 0.2) is 0 Å². The van der Waals surface area contributed by atoms with E-state index in [1.54, 1.807) is 0 Å². The third-order valence-corrected chi connectivity index (χ3v) is 4.07. The van der Waals surface area contributed by atoms with E-state index in [4.69, 9.17) is 0 Å². The van der Waals surface area contributed by atoms with Gasteiger partial charge in [-0.1, -0.05) is 12.8 Å². The highest BCUT2D eigenvalue weighted by Crippen LogP contribution is 2.11. The first kappa shape index (κ1) is 15.3. The molecule has 2 heterocycles. The van der Waals surface area contributed by atoms with Crippen LogP contribution in [0.15, 0.2) is 6.20 Å². The van der Waals surface area contributed by atoms with Crippen LogP contribution in [-0.4, -0.2) is 54.7 Å². The van der Waals surface area contributed by atoms with Gasteiger partial charge in [0.25, 0.3) is 0 Å². The van der Waals surface area contributed by atoms with Crippen molar-refractivity contribution in [2.75, 3.05) is 45.2 Å². The van der Waals surface area contributed by atoms with Gasteiger partial charge in [-0.3, -0.25) is 0 Å². The molecule has 0 atom stereocenters. The lowest BCUT2D eigenvalue weighted by Gasteiger charge is -2.19. The summed E-state index contributed by atoms with van der Waals surface area (Å²) in [5.74, 6) is 1.01. The summed E-state index contributed by atoms with van der Waals surface area (Å²) in [6, 6.07) is 0. The Labute approximate surface area is 123 Å². The van der Waals surface area contributed by atoms with Gasteiger partial charge in [0.2, 0.25) is 5.95 Å². The Hall–Kier alpha value is -1.07. The summed E-state index contributed by atoms with van der Waals surface area (Å²) >= 11 is 0. The molecule has 0 aliphatic carbocycles. The van der Waals surface area contributed by atoms with Crippen LogP contribution in [0.1, 0.15) is 31.4 Å². The summed E-state index contributed by atoms with van der Waals surface area (Å²) in [6.07, 6.45) is 7.52. The van der Waals surface area contributed by atoms with E-state index in [0.717, 1.165) is 19.0 Å². The lowest BCUT2D eigenvalue weighted by molar-refractivity contribution is 0.284. The summed E-state index contributed by atoms with van der Waals surface area (Å²) in [6.45, 7) is 5.67. The molecule has 5 nitrogen and oxygen atoms in total. The van der Waals surface area contributed by atoms with Gasteiger partial charge >= 0.3 is 0 Å². The molecule has 0 aromatic carbocycles. The average Bonchev–Trinajstić information content (AvgIpc) is 2.64. The lowest BCUT2D eigenvalue weighted by Crippen LogP contribution is -2.32. The minimum atomic E-state index is 0.894. The highest BCUT2D eigenvalue weighted by atomic mass is 15.3. The monoisotopic (exact) mass is 279 g/mol. The molecule has 0 bridgehead atoms. The number of nitrogens with one attached hydrogen (secondary N) is 1. The van der Waals surface area contributed by atoms with Crippen LogP contribution in [0.25, 0.3) is 0 Å². The molecule has 1 aliphatic rings. The van der Waals surface area contributed by atoms with E-state index in [-0.39, 0.29) is 0 Å². The van der Waals surface area contributed by atoms with Crippen LogP contribution in [0.3, 0.4) is 0 Å². The van der Waals surface area contributed by atoms with Crippen molar-refractivity contribution in [3.63, 3.8) is 0 Å². The number of rotatable bonds is 6. The second kappa shape index (κ2) is 7.64. The molecule has 5 heteroatoms. The smallest absolute Gasteiger partial charge is 0.204 e. The molecule has 20 heavy (non-hydrogen) atoms. The molecule has 1 fully saturated rings. The normalized spacial score (nSPS) is 17.1. The van der Waals surface area contributed by atoms with E-state index in [1.807, 2.05) is 25.2 Å². The van der Waals surface area contributed by atoms with Crippen molar-refractivity contribution < 1.29 is 0 Å². The molecule has 2 rings (SSSR count). The molecular weight excluding hydrogens is 250 g/mol. The van der Waals surface area contributed by atoms with Gasteiger partial charge in [-0.25, -0.2) is 4.98 Å². The molecule has 0 spiro atoms. The molecule has 1 N–H and O–H groups in total. The predicted molar refractivity (Wildman–Crippen MR) is 84.1 cm³/mol. The number of likely N-dealkylation sites (tertiary alicyclic amines) is 1. The van der Waals surface area contributed by atoms with Crippen molar-refractivity contribution in [3.8, 4) is 0 Å². The number of anilines is 1. The minimum absolute atomic E-state index is 0.894. The lowest BCUT2D eigenvalue weighted by atomic mass is 10.2. The summed E-state index contributed by atoms with van der Waals surface area (Å²) in [4.78, 5) is 9.07. The Morgan fingerprint density at radius 1 is 1.20 bits per heavy atom. The Morgan fingerprint density at radius 3 is 2.50 bits per heavy atom. The molecule has 0 unspecified atom stereocenters. The zero-order chi connectivity index (χ0) is 14.4. The second-order valence-corrected chi connectivity index (χ2v) is 5.94. The van der Waals surface area contributed by atoms with Crippen molar-refractivity contribution in [2.24, 2.45) is 7.05 Å². The van der Waals surface area contributed by atoms with Crippen LogP contribution in [0.2, 0.25) is 0 Å². The van der Waals surface area contributed by atoms with Gasteiger partial charge in [0, 0.05) is 40.8 Å². The van der Waals surface area contributed by atoms with Crippen molar-refractivity contribution in [2.45, 2.75) is 32.2 Å². The first-order valence-electron chi connectivity index (χ1n) is 7.79. The minimum Gasteiger partial charge on any atom is -0.348 e. The van der Waals surface area contributed by atoms with Crippen molar-refractivity contribution in [1.82, 2.24) is 19.8 Å². The Morgan fingerprint density at radius 2 is 1.90 bits per heavy atom. The number of hydrogen-bond donors (Lipinski definition) is 1. The fourth-order valence-electron chi connectivity index (χ4n) is 2.83. The fraction of sp³-hybridized carbons (Fsp3) is 0.800. The van der Waals surface area contributed by atoms with Crippen LogP contribution < -0.4 is 10.2 Å². The third kappa shape index (κ3) is 4.21. The maximum absolute atomic E-state index is 4.43. The Bertz CT molecular complexity index is 391. The third-order valence-electron chi connectivity index (χ3n) is 4.07. The van der Waals surface area contributed by atoms with Gasteiger partial charge < -0.3 is 19.7 Å². The van der Waals surface area contributed by atoms with Crippen molar-refractivity contribution in [1.29, 1.82) is 0 Å². The van der Waals surface area contributed by atoms with Crippen LogP contribution in [-0.2, 0) is 13.6 Å². The largest absolute Gasteiger partial charge is 0.348 e. The molecule has 1 aromatic heterocycles. The first-order valence-corrected chi connectivity index (χ1v) is 7.79. The standard InChI is InChI=1S/C15H29N5/c1-18(2)15-17-13-14(19(15)3)12-16-8-11-20-9-6-4-5-7-10-20/h13,16H,4-12H2,1-3H3. The van der Waals surface area contributed by atoms with Crippen LogP contribution >= 0.6 is 0 Å². The number of hydrogen-bond acceptors (Lipinski definition) is 4. The first-order chi connectivity index (χ1) is 9.68. The number of nitrogens with zero attached hydrogens (tertiary/aromatic N) is 4. The van der Waals surface area contributed by atoms with Gasteiger partial charge in [0.05, 0.1) is 11.9 Å². The Balaban J connectivity index is 1.70. The predicted octanol–water partition coefficient (Wildman–Crippen LogP) is 1.45. The Kier molecular flexibility index (Phi) is 5.86. The maximum Gasteiger partial charge on any atom is 0.204 e. The summed E-state index contributed by atoms with van der Waals surface area (Å²) in [5, 5.41) is 3.54. The highest BCUT2D eigenvalue weighted by molar-refractivity contribution is 5.30. The molecule has 0 saturated carbocycles. The van der Waals surface area contributed by atoms with E-state index < -0.39 is 0 Å². The van der Waals surface area contributed by atoms with Gasteiger partial charge in [0.1, 0.15) is 0 Å². The summed E-state index contributed by atoms with van der Waals surface area (Å²) < 4.78 is 2.15. The topological polar surface area (TPSA) is 36.3 Å². The summed E-state index contributed by atoms with van der Waals surface area (Å²) in [5.41, 5.74) is 1.24. The average molecular weight is 279 g/mol. The molecular formula is C15H29N5. The number of imidazole rings is 1. The maximum atomic E-state index is 4.43.